The molecule has 0 unspecified atom stereocenters. The Kier molecular flexibility index (Phi) is 2.29. The van der Waals surface area contributed by atoms with Gasteiger partial charge in [0.25, 0.3) is 0 Å². The van der Waals surface area contributed by atoms with Crippen LogP contribution in [0.1, 0.15) is 0 Å². The SMILES string of the molecule is S=c1[nH]c2ccc3sc4c(Cl)cccc4c3c2s1. The Hall–Kier alpha value is -0.940. The first kappa shape index (κ1) is 10.9. The maximum Gasteiger partial charge on any atom is 0.159 e. The maximum absolute atomic E-state index is 6.27. The Balaban J connectivity index is 2.40. The van der Waals surface area contributed by atoms with Crippen LogP contribution in [-0.2, 0) is 0 Å². The maximum atomic E-state index is 6.27. The van der Waals surface area contributed by atoms with E-state index < -0.39 is 0 Å². The van der Waals surface area contributed by atoms with Crippen LogP contribution in [0, 0.1) is 3.95 Å². The highest BCUT2D eigenvalue weighted by Gasteiger charge is 2.11. The van der Waals surface area contributed by atoms with E-state index in [2.05, 4.69) is 23.2 Å². The van der Waals surface area contributed by atoms with Crippen LogP contribution in [-0.4, -0.2) is 4.98 Å². The number of halogens is 1. The minimum Gasteiger partial charge on any atom is -0.337 e. The molecule has 0 atom stereocenters. The monoisotopic (exact) mass is 307 g/mol. The highest BCUT2D eigenvalue weighted by Crippen LogP contribution is 2.42. The van der Waals surface area contributed by atoms with Crippen molar-refractivity contribution in [3.63, 3.8) is 0 Å². The first-order valence-electron chi connectivity index (χ1n) is 5.36. The fourth-order valence-corrected chi connectivity index (χ4v) is 4.98. The third-order valence-electron chi connectivity index (χ3n) is 3.00. The molecule has 2 heterocycles. The molecule has 0 fully saturated rings. The van der Waals surface area contributed by atoms with E-state index in [0.717, 1.165) is 19.2 Å². The number of aromatic nitrogens is 1. The number of fused-ring (bicyclic) bond motifs is 5. The molecular formula is C13H6ClNS3. The third-order valence-corrected chi connectivity index (χ3v) is 5.90. The summed E-state index contributed by atoms with van der Waals surface area (Å²) in [5, 5.41) is 3.31. The molecule has 4 rings (SSSR count). The topological polar surface area (TPSA) is 15.8 Å². The van der Waals surface area contributed by atoms with Gasteiger partial charge in [-0.1, -0.05) is 23.7 Å². The van der Waals surface area contributed by atoms with Gasteiger partial charge in [0.15, 0.2) is 3.95 Å². The molecule has 0 aliphatic rings. The molecule has 4 aromatic rings. The van der Waals surface area contributed by atoms with E-state index in [1.54, 1.807) is 22.7 Å². The van der Waals surface area contributed by atoms with Crippen LogP contribution in [0.4, 0.5) is 0 Å². The van der Waals surface area contributed by atoms with Crippen molar-refractivity contribution in [2.75, 3.05) is 0 Å². The Morgan fingerprint density at radius 1 is 1.06 bits per heavy atom. The number of benzene rings is 2. The van der Waals surface area contributed by atoms with Crippen LogP contribution in [0.5, 0.6) is 0 Å². The van der Waals surface area contributed by atoms with Gasteiger partial charge in [0.1, 0.15) is 0 Å². The number of rotatable bonds is 0. The number of aromatic amines is 1. The molecule has 1 N–H and O–H groups in total. The summed E-state index contributed by atoms with van der Waals surface area (Å²) >= 11 is 14.9. The summed E-state index contributed by atoms with van der Waals surface area (Å²) in [6, 6.07) is 10.3. The smallest absolute Gasteiger partial charge is 0.159 e. The predicted molar refractivity (Wildman–Crippen MR) is 84.9 cm³/mol. The molecule has 1 nitrogen and oxygen atoms in total. The van der Waals surface area contributed by atoms with E-state index in [1.165, 1.54) is 20.2 Å². The van der Waals surface area contributed by atoms with Gasteiger partial charge in [-0.25, -0.2) is 0 Å². The van der Waals surface area contributed by atoms with Crippen molar-refractivity contribution >= 4 is 76.9 Å². The van der Waals surface area contributed by atoms with Gasteiger partial charge in [-0.15, -0.1) is 22.7 Å². The molecule has 0 aliphatic heterocycles. The number of H-pyrrole nitrogens is 1. The molecule has 0 radical (unpaired) electrons. The lowest BCUT2D eigenvalue weighted by Crippen LogP contribution is -1.69. The molecule has 2 aromatic carbocycles. The van der Waals surface area contributed by atoms with Gasteiger partial charge >= 0.3 is 0 Å². The average molecular weight is 308 g/mol. The van der Waals surface area contributed by atoms with Crippen molar-refractivity contribution in [2.24, 2.45) is 0 Å². The van der Waals surface area contributed by atoms with Crippen molar-refractivity contribution in [3.05, 3.63) is 39.3 Å². The number of nitrogens with one attached hydrogen (secondary N) is 1. The molecule has 0 bridgehead atoms. The van der Waals surface area contributed by atoms with E-state index in [4.69, 9.17) is 23.8 Å². The molecule has 0 aliphatic carbocycles. The summed E-state index contributed by atoms with van der Waals surface area (Å²) in [5.74, 6) is 0. The third kappa shape index (κ3) is 1.40. The van der Waals surface area contributed by atoms with Gasteiger partial charge in [-0.2, -0.15) is 0 Å². The molecule has 88 valence electrons. The van der Waals surface area contributed by atoms with Crippen molar-refractivity contribution in [3.8, 4) is 0 Å². The molecule has 0 saturated carbocycles. The average Bonchev–Trinajstić information content (AvgIpc) is 2.88. The molecule has 0 amide bonds. The second-order valence-electron chi connectivity index (χ2n) is 4.05. The summed E-state index contributed by atoms with van der Waals surface area (Å²) in [5.41, 5.74) is 1.11. The minimum absolute atomic E-state index is 0.818. The number of hydrogen-bond acceptors (Lipinski definition) is 3. The summed E-state index contributed by atoms with van der Waals surface area (Å²) in [6.45, 7) is 0. The van der Waals surface area contributed by atoms with Crippen LogP contribution in [0.2, 0.25) is 5.02 Å². The second-order valence-corrected chi connectivity index (χ2v) is 7.20. The molecule has 0 spiro atoms. The fraction of sp³-hybridized carbons (Fsp3) is 0. The van der Waals surface area contributed by atoms with E-state index in [9.17, 15) is 0 Å². The van der Waals surface area contributed by atoms with Crippen LogP contribution in [0.15, 0.2) is 30.3 Å². The Morgan fingerprint density at radius 2 is 1.94 bits per heavy atom. The Labute approximate surface area is 121 Å². The zero-order valence-electron chi connectivity index (χ0n) is 8.99. The lowest BCUT2D eigenvalue weighted by Gasteiger charge is -1.94. The number of thiophene rings is 1. The zero-order chi connectivity index (χ0) is 12.3. The molecule has 5 heteroatoms. The van der Waals surface area contributed by atoms with Crippen molar-refractivity contribution in [1.29, 1.82) is 0 Å². The van der Waals surface area contributed by atoms with Gasteiger partial charge < -0.3 is 4.98 Å². The van der Waals surface area contributed by atoms with Crippen molar-refractivity contribution in [1.82, 2.24) is 4.98 Å². The Morgan fingerprint density at radius 3 is 2.83 bits per heavy atom. The lowest BCUT2D eigenvalue weighted by atomic mass is 10.1. The van der Waals surface area contributed by atoms with E-state index in [-0.39, 0.29) is 0 Å². The molecular weight excluding hydrogens is 302 g/mol. The van der Waals surface area contributed by atoms with Crippen molar-refractivity contribution < 1.29 is 0 Å². The molecule has 0 saturated heterocycles. The zero-order valence-corrected chi connectivity index (χ0v) is 12.2. The van der Waals surface area contributed by atoms with Gasteiger partial charge in [-0.3, -0.25) is 0 Å². The Bertz CT molecular complexity index is 961. The summed E-state index contributed by atoms with van der Waals surface area (Å²) in [7, 11) is 0. The van der Waals surface area contributed by atoms with Crippen LogP contribution in [0.3, 0.4) is 0 Å². The second kappa shape index (κ2) is 3.78. The lowest BCUT2D eigenvalue weighted by molar-refractivity contribution is 1.48. The minimum atomic E-state index is 0.818. The largest absolute Gasteiger partial charge is 0.337 e. The summed E-state index contributed by atoms with van der Waals surface area (Å²) in [6.07, 6.45) is 0. The normalized spacial score (nSPS) is 11.8. The summed E-state index contributed by atoms with van der Waals surface area (Å²) in [4.78, 5) is 3.22. The number of thiazole rings is 1. The van der Waals surface area contributed by atoms with Gasteiger partial charge in [0.2, 0.25) is 0 Å². The van der Waals surface area contributed by atoms with E-state index in [1.807, 2.05) is 12.1 Å². The van der Waals surface area contributed by atoms with Gasteiger partial charge in [0.05, 0.1) is 19.9 Å². The quantitative estimate of drug-likeness (QED) is 0.395. The first-order valence-corrected chi connectivity index (χ1v) is 7.78. The summed E-state index contributed by atoms with van der Waals surface area (Å²) < 4.78 is 4.46. The van der Waals surface area contributed by atoms with E-state index in [0.29, 0.717) is 0 Å². The first-order chi connectivity index (χ1) is 8.74. The molecule has 18 heavy (non-hydrogen) atoms. The van der Waals surface area contributed by atoms with E-state index >= 15 is 0 Å². The fourth-order valence-electron chi connectivity index (χ4n) is 2.26. The van der Waals surface area contributed by atoms with Gasteiger partial charge in [0, 0.05) is 15.5 Å². The highest BCUT2D eigenvalue weighted by molar-refractivity contribution is 7.73. The van der Waals surface area contributed by atoms with Crippen LogP contribution < -0.4 is 0 Å². The van der Waals surface area contributed by atoms with Gasteiger partial charge in [-0.05, 0) is 30.4 Å². The number of hydrogen-bond donors (Lipinski definition) is 1. The molecule has 2 aromatic heterocycles. The highest BCUT2D eigenvalue weighted by atomic mass is 35.5. The van der Waals surface area contributed by atoms with Crippen LogP contribution in [0.25, 0.3) is 30.4 Å². The van der Waals surface area contributed by atoms with Crippen LogP contribution >= 0.6 is 46.5 Å². The van der Waals surface area contributed by atoms with Crippen molar-refractivity contribution in [2.45, 2.75) is 0 Å². The predicted octanol–water partition coefficient (Wildman–Crippen LogP) is 5.98. The standard InChI is InChI=1S/C13H6ClNS3/c14-7-3-1-2-6-10-9(17-11(6)7)5-4-8-12(10)18-13(16)15-8/h1-5H,(H,15,16).